The van der Waals surface area contributed by atoms with Crippen molar-refractivity contribution in [1.29, 1.82) is 5.26 Å². The summed E-state index contributed by atoms with van der Waals surface area (Å²) in [7, 11) is 0. The molecular weight excluding hydrogens is 402 g/mol. The van der Waals surface area contributed by atoms with Crippen LogP contribution >= 0.6 is 15.9 Å². The van der Waals surface area contributed by atoms with Crippen LogP contribution in [0.15, 0.2) is 45.9 Å². The highest BCUT2D eigenvalue weighted by molar-refractivity contribution is 9.10. The van der Waals surface area contributed by atoms with Crippen LogP contribution in [-0.2, 0) is 11.2 Å². The lowest BCUT2D eigenvalue weighted by atomic mass is 9.81. The SMILES string of the molecule is Cc1cc(C)c(CC2(N=C=O)CCN(c3ccccc3C#N)CC2)cc1Br. The van der Waals surface area contributed by atoms with Crippen molar-refractivity contribution in [2.75, 3.05) is 18.0 Å². The predicted molar refractivity (Wildman–Crippen MR) is 111 cm³/mol. The Morgan fingerprint density at radius 1 is 1.19 bits per heavy atom. The monoisotopic (exact) mass is 423 g/mol. The number of halogens is 1. The largest absolute Gasteiger partial charge is 0.370 e. The van der Waals surface area contributed by atoms with Crippen molar-refractivity contribution in [2.45, 2.75) is 38.6 Å². The number of rotatable bonds is 4. The Bertz CT molecular complexity index is 933. The molecule has 1 fully saturated rings. The van der Waals surface area contributed by atoms with Crippen LogP contribution in [0.1, 0.15) is 35.1 Å². The Labute approximate surface area is 168 Å². The van der Waals surface area contributed by atoms with E-state index in [1.54, 1.807) is 0 Å². The van der Waals surface area contributed by atoms with Gasteiger partial charge in [-0.15, -0.1) is 0 Å². The van der Waals surface area contributed by atoms with Crippen LogP contribution in [0.3, 0.4) is 0 Å². The molecule has 1 saturated heterocycles. The summed E-state index contributed by atoms with van der Waals surface area (Å²) in [5, 5.41) is 9.36. The van der Waals surface area contributed by atoms with Gasteiger partial charge in [-0.05, 0) is 68.0 Å². The Balaban J connectivity index is 1.83. The fraction of sp³-hybridized carbons (Fsp3) is 0.364. The molecule has 27 heavy (non-hydrogen) atoms. The van der Waals surface area contributed by atoms with Gasteiger partial charge < -0.3 is 4.90 Å². The van der Waals surface area contributed by atoms with Crippen molar-refractivity contribution in [3.05, 3.63) is 63.1 Å². The van der Waals surface area contributed by atoms with Crippen LogP contribution in [0.25, 0.3) is 0 Å². The number of hydrogen-bond acceptors (Lipinski definition) is 4. The maximum atomic E-state index is 11.2. The number of isocyanates is 1. The Morgan fingerprint density at radius 3 is 2.56 bits per heavy atom. The van der Waals surface area contributed by atoms with Crippen LogP contribution in [-0.4, -0.2) is 24.7 Å². The van der Waals surface area contributed by atoms with Crippen LogP contribution in [0.4, 0.5) is 5.69 Å². The van der Waals surface area contributed by atoms with Crippen LogP contribution < -0.4 is 4.90 Å². The molecule has 0 spiro atoms. The van der Waals surface area contributed by atoms with Crippen molar-refractivity contribution in [1.82, 2.24) is 0 Å². The number of aryl methyl sites for hydroxylation is 2. The maximum Gasteiger partial charge on any atom is 0.235 e. The van der Waals surface area contributed by atoms with E-state index in [0.29, 0.717) is 5.56 Å². The fourth-order valence-corrected chi connectivity index (χ4v) is 4.24. The Hall–Kier alpha value is -2.41. The number of carbonyl (C=O) groups excluding carboxylic acids is 1. The van der Waals surface area contributed by atoms with Crippen molar-refractivity contribution < 1.29 is 4.79 Å². The van der Waals surface area contributed by atoms with Gasteiger partial charge in [-0.3, -0.25) is 0 Å². The standard InChI is InChI=1S/C22H22BrN3O/c1-16-11-17(2)20(23)12-19(16)13-22(25-15-27)7-9-26(10-8-22)21-6-4-3-5-18(21)14-24/h3-6,11-12H,7-10,13H2,1-2H3. The van der Waals surface area contributed by atoms with Crippen LogP contribution in [0.5, 0.6) is 0 Å². The molecule has 0 radical (unpaired) electrons. The summed E-state index contributed by atoms with van der Waals surface area (Å²) < 4.78 is 1.08. The van der Waals surface area contributed by atoms with Crippen molar-refractivity contribution in [2.24, 2.45) is 4.99 Å². The molecule has 1 heterocycles. The molecule has 0 bridgehead atoms. The molecule has 4 nitrogen and oxygen atoms in total. The fourth-order valence-electron chi connectivity index (χ4n) is 3.84. The molecule has 2 aromatic carbocycles. The number of hydrogen-bond donors (Lipinski definition) is 0. The number of nitriles is 1. The molecule has 3 rings (SSSR count). The molecule has 0 atom stereocenters. The van der Waals surface area contributed by atoms with Gasteiger partial charge >= 0.3 is 0 Å². The van der Waals surface area contributed by atoms with Gasteiger partial charge in [0.1, 0.15) is 6.07 Å². The Morgan fingerprint density at radius 2 is 1.89 bits per heavy atom. The zero-order valence-electron chi connectivity index (χ0n) is 15.6. The first kappa shape index (κ1) is 19.4. The molecule has 0 unspecified atom stereocenters. The van der Waals surface area contributed by atoms with Gasteiger partial charge in [0.05, 0.1) is 16.8 Å². The first-order valence-corrected chi connectivity index (χ1v) is 9.86. The third-order valence-electron chi connectivity index (χ3n) is 5.48. The molecule has 0 aliphatic carbocycles. The summed E-state index contributed by atoms with van der Waals surface area (Å²) in [6.07, 6.45) is 4.05. The number of benzene rings is 2. The van der Waals surface area contributed by atoms with Gasteiger partial charge in [0, 0.05) is 17.6 Å². The van der Waals surface area contributed by atoms with Gasteiger partial charge in [-0.1, -0.05) is 34.1 Å². The number of anilines is 1. The molecule has 0 saturated carbocycles. The molecule has 1 aliphatic rings. The minimum absolute atomic E-state index is 0.431. The maximum absolute atomic E-state index is 11.2. The highest BCUT2D eigenvalue weighted by Gasteiger charge is 2.35. The van der Waals surface area contributed by atoms with E-state index in [1.807, 2.05) is 30.3 Å². The molecule has 138 valence electrons. The van der Waals surface area contributed by atoms with Gasteiger partial charge in [-0.25, -0.2) is 4.79 Å². The zero-order valence-corrected chi connectivity index (χ0v) is 17.2. The van der Waals surface area contributed by atoms with Crippen molar-refractivity contribution >= 4 is 27.7 Å². The normalized spacial score (nSPS) is 15.7. The summed E-state index contributed by atoms with van der Waals surface area (Å²) in [5.41, 5.74) is 4.83. The van der Waals surface area contributed by atoms with E-state index < -0.39 is 5.54 Å². The quantitative estimate of drug-likeness (QED) is 0.521. The first-order valence-electron chi connectivity index (χ1n) is 9.07. The van der Waals surface area contributed by atoms with Crippen molar-refractivity contribution in [3.63, 3.8) is 0 Å². The van der Waals surface area contributed by atoms with E-state index in [0.717, 1.165) is 42.5 Å². The molecule has 0 amide bonds. The smallest absolute Gasteiger partial charge is 0.235 e. The van der Waals surface area contributed by atoms with Gasteiger partial charge in [0.15, 0.2) is 0 Å². The lowest BCUT2D eigenvalue weighted by molar-refractivity contribution is 0.332. The van der Waals surface area contributed by atoms with E-state index in [4.69, 9.17) is 0 Å². The second-order valence-electron chi connectivity index (χ2n) is 7.25. The van der Waals surface area contributed by atoms with Gasteiger partial charge in [-0.2, -0.15) is 10.3 Å². The molecule has 5 heteroatoms. The predicted octanol–water partition coefficient (Wildman–Crippen LogP) is 4.86. The number of para-hydroxylation sites is 1. The Kier molecular flexibility index (Phi) is 5.79. The molecular formula is C22H22BrN3O. The van der Waals surface area contributed by atoms with E-state index >= 15 is 0 Å². The van der Waals surface area contributed by atoms with E-state index in [2.05, 4.69) is 57.9 Å². The highest BCUT2D eigenvalue weighted by Crippen LogP contribution is 2.35. The molecule has 0 aromatic heterocycles. The number of nitrogens with zero attached hydrogens (tertiary/aromatic N) is 3. The second-order valence-corrected chi connectivity index (χ2v) is 8.10. The lowest BCUT2D eigenvalue weighted by Crippen LogP contribution is -2.45. The number of aliphatic imine (C=N–C) groups is 1. The average Bonchev–Trinajstić information content (AvgIpc) is 2.67. The molecule has 2 aromatic rings. The zero-order chi connectivity index (χ0) is 19.4. The third-order valence-corrected chi connectivity index (χ3v) is 6.33. The van der Waals surface area contributed by atoms with Crippen LogP contribution in [0, 0.1) is 25.2 Å². The highest BCUT2D eigenvalue weighted by atomic mass is 79.9. The minimum Gasteiger partial charge on any atom is -0.370 e. The van der Waals surface area contributed by atoms with Gasteiger partial charge in [0.25, 0.3) is 0 Å². The van der Waals surface area contributed by atoms with Crippen molar-refractivity contribution in [3.8, 4) is 6.07 Å². The molecule has 0 N–H and O–H groups in total. The summed E-state index contributed by atoms with van der Waals surface area (Å²) in [6, 6.07) is 14.2. The lowest BCUT2D eigenvalue weighted by Gasteiger charge is -2.40. The summed E-state index contributed by atoms with van der Waals surface area (Å²) in [6.45, 7) is 5.70. The minimum atomic E-state index is -0.431. The molecule has 1 aliphatic heterocycles. The summed E-state index contributed by atoms with van der Waals surface area (Å²) in [5.74, 6) is 0. The van der Waals surface area contributed by atoms with E-state index in [9.17, 15) is 10.1 Å². The summed E-state index contributed by atoms with van der Waals surface area (Å²) in [4.78, 5) is 17.6. The number of piperidine rings is 1. The van der Waals surface area contributed by atoms with E-state index in [-0.39, 0.29) is 0 Å². The third kappa shape index (κ3) is 4.13. The summed E-state index contributed by atoms with van der Waals surface area (Å²) >= 11 is 3.61. The average molecular weight is 424 g/mol. The van der Waals surface area contributed by atoms with E-state index in [1.165, 1.54) is 16.7 Å². The topological polar surface area (TPSA) is 56.5 Å². The second kappa shape index (κ2) is 8.08. The first-order chi connectivity index (χ1) is 13.0. The van der Waals surface area contributed by atoms with Gasteiger partial charge in [0.2, 0.25) is 6.08 Å². The van der Waals surface area contributed by atoms with Crippen LogP contribution in [0.2, 0.25) is 0 Å².